The number of ether oxygens (including phenoxy) is 1. The van der Waals surface area contributed by atoms with Crippen LogP contribution in [0.5, 0.6) is 5.75 Å². The number of benzene rings is 1. The molecule has 0 unspecified atom stereocenters. The van der Waals surface area contributed by atoms with Gasteiger partial charge in [0.2, 0.25) is 5.91 Å². The number of thiophene rings is 1. The van der Waals surface area contributed by atoms with Crippen LogP contribution < -0.4 is 10.1 Å². The number of amides is 3. The van der Waals surface area contributed by atoms with E-state index in [0.717, 1.165) is 28.0 Å². The van der Waals surface area contributed by atoms with Crippen molar-refractivity contribution in [2.75, 3.05) is 19.0 Å². The lowest BCUT2D eigenvalue weighted by molar-refractivity contribution is -0.137. The highest BCUT2D eigenvalue weighted by Crippen LogP contribution is 2.35. The number of rotatable bonds is 5. The van der Waals surface area contributed by atoms with Gasteiger partial charge in [0.05, 0.1) is 23.3 Å². The summed E-state index contributed by atoms with van der Waals surface area (Å²) >= 11 is 2.07. The van der Waals surface area contributed by atoms with Gasteiger partial charge in [-0.2, -0.15) is 13.2 Å². The van der Waals surface area contributed by atoms with Gasteiger partial charge >= 0.3 is 6.18 Å². The number of carbonyl (C=O) groups is 3. The lowest BCUT2D eigenvalue weighted by Gasteiger charge is -2.16. The second-order valence-electron chi connectivity index (χ2n) is 5.74. The Balaban J connectivity index is 1.74. The third-order valence-electron chi connectivity index (χ3n) is 3.79. The summed E-state index contributed by atoms with van der Waals surface area (Å²) in [4.78, 5) is 38.5. The van der Waals surface area contributed by atoms with Crippen LogP contribution in [0.3, 0.4) is 0 Å². The van der Waals surface area contributed by atoms with Crippen molar-refractivity contribution in [3.05, 3.63) is 51.1 Å². The zero-order chi connectivity index (χ0) is 21.2. The minimum atomic E-state index is -4.61. The van der Waals surface area contributed by atoms with E-state index >= 15 is 0 Å². The lowest BCUT2D eigenvalue weighted by atomic mass is 10.1. The number of thioether (sulfide) groups is 1. The monoisotopic (exact) mass is 442 g/mol. The molecule has 11 heteroatoms. The number of halogens is 3. The molecule has 3 amide bonds. The number of methoxy groups -OCH3 is 1. The van der Waals surface area contributed by atoms with Gasteiger partial charge in [0.25, 0.3) is 11.1 Å². The van der Waals surface area contributed by atoms with Gasteiger partial charge in [-0.15, -0.1) is 11.3 Å². The van der Waals surface area contributed by atoms with Gasteiger partial charge in [0.1, 0.15) is 12.3 Å². The molecule has 29 heavy (non-hydrogen) atoms. The average molecular weight is 442 g/mol. The molecule has 1 aromatic carbocycles. The maximum atomic E-state index is 12.9. The third-order valence-corrected chi connectivity index (χ3v) is 5.52. The zero-order valence-electron chi connectivity index (χ0n) is 14.8. The van der Waals surface area contributed by atoms with E-state index in [1.165, 1.54) is 18.4 Å². The molecule has 0 radical (unpaired) electrons. The number of nitrogens with one attached hydrogen (secondary N) is 1. The molecule has 3 rings (SSSR count). The van der Waals surface area contributed by atoms with E-state index in [2.05, 4.69) is 5.32 Å². The first kappa shape index (κ1) is 20.9. The Morgan fingerprint density at radius 3 is 2.66 bits per heavy atom. The molecule has 1 saturated heterocycles. The number of carbonyl (C=O) groups excluding carboxylic acids is 3. The van der Waals surface area contributed by atoms with Crippen molar-refractivity contribution in [1.29, 1.82) is 0 Å². The van der Waals surface area contributed by atoms with Crippen LogP contribution in [0.25, 0.3) is 6.08 Å². The minimum absolute atomic E-state index is 0.0121. The van der Waals surface area contributed by atoms with E-state index in [4.69, 9.17) is 4.74 Å². The molecule has 2 aromatic rings. The molecule has 6 nitrogen and oxygen atoms in total. The number of imide groups is 1. The van der Waals surface area contributed by atoms with Crippen molar-refractivity contribution >= 4 is 51.9 Å². The standard InChI is InChI=1S/C18H13F3N2O4S2/c1-27-13-5-4-10(18(19,20)21)7-12(13)22-15(24)9-23-16(25)14(29-17(23)26)8-11-3-2-6-28-11/h2-8H,9H2,1H3,(H,22,24)/b14-8-. The SMILES string of the molecule is COc1ccc(C(F)(F)F)cc1NC(=O)CN1C(=O)S/C(=C\c2cccs2)C1=O. The molecule has 1 aromatic heterocycles. The number of hydrogen-bond acceptors (Lipinski definition) is 6. The minimum Gasteiger partial charge on any atom is -0.495 e. The van der Waals surface area contributed by atoms with Gasteiger partial charge in [-0.05, 0) is 47.5 Å². The molecule has 0 saturated carbocycles. The van der Waals surface area contributed by atoms with E-state index in [1.54, 1.807) is 18.2 Å². The van der Waals surface area contributed by atoms with Gasteiger partial charge in [-0.25, -0.2) is 0 Å². The fourth-order valence-electron chi connectivity index (χ4n) is 2.45. The Bertz CT molecular complexity index is 987. The molecule has 152 valence electrons. The Morgan fingerprint density at radius 2 is 2.03 bits per heavy atom. The van der Waals surface area contributed by atoms with Gasteiger partial charge in [-0.3, -0.25) is 19.3 Å². The first-order valence-corrected chi connectivity index (χ1v) is 9.72. The number of alkyl halides is 3. The molecule has 0 atom stereocenters. The predicted octanol–water partition coefficient (Wildman–Crippen LogP) is 4.45. The second kappa shape index (κ2) is 8.29. The first-order chi connectivity index (χ1) is 13.7. The van der Waals surface area contributed by atoms with Crippen LogP contribution in [0.2, 0.25) is 0 Å². The predicted molar refractivity (Wildman–Crippen MR) is 104 cm³/mol. The maximum Gasteiger partial charge on any atom is 0.416 e. The van der Waals surface area contributed by atoms with E-state index in [1.807, 2.05) is 5.38 Å². The molecule has 1 aliphatic heterocycles. The van der Waals surface area contributed by atoms with Gasteiger partial charge in [0.15, 0.2) is 0 Å². The number of anilines is 1. The van der Waals surface area contributed by atoms with E-state index < -0.39 is 35.3 Å². The molecule has 1 N–H and O–H groups in total. The van der Waals surface area contributed by atoms with Crippen molar-refractivity contribution in [2.24, 2.45) is 0 Å². The summed E-state index contributed by atoms with van der Waals surface area (Å²) < 4.78 is 43.7. The molecule has 2 heterocycles. The Hall–Kier alpha value is -2.79. The zero-order valence-corrected chi connectivity index (χ0v) is 16.4. The summed E-state index contributed by atoms with van der Waals surface area (Å²) in [5.41, 5.74) is -1.19. The highest BCUT2D eigenvalue weighted by atomic mass is 32.2. The number of hydrogen-bond donors (Lipinski definition) is 1. The van der Waals surface area contributed by atoms with Crippen LogP contribution in [-0.4, -0.2) is 35.6 Å². The highest BCUT2D eigenvalue weighted by Gasteiger charge is 2.37. The molecule has 1 fully saturated rings. The average Bonchev–Trinajstić information content (AvgIpc) is 3.25. The fourth-order valence-corrected chi connectivity index (χ4v) is 4.02. The van der Waals surface area contributed by atoms with Crippen molar-refractivity contribution in [3.63, 3.8) is 0 Å². The molecule has 0 bridgehead atoms. The summed E-state index contributed by atoms with van der Waals surface area (Å²) in [6.45, 7) is -0.633. The van der Waals surface area contributed by atoms with Crippen LogP contribution in [0.4, 0.5) is 23.7 Å². The van der Waals surface area contributed by atoms with Crippen molar-refractivity contribution < 1.29 is 32.3 Å². The van der Waals surface area contributed by atoms with E-state index in [0.29, 0.717) is 11.8 Å². The molecule has 0 aliphatic carbocycles. The molecule has 1 aliphatic rings. The smallest absolute Gasteiger partial charge is 0.416 e. The lowest BCUT2D eigenvalue weighted by Crippen LogP contribution is -2.36. The first-order valence-electron chi connectivity index (χ1n) is 8.03. The quantitative estimate of drug-likeness (QED) is 0.693. The summed E-state index contributed by atoms with van der Waals surface area (Å²) in [5, 5.41) is 3.44. The Kier molecular flexibility index (Phi) is 5.99. The van der Waals surface area contributed by atoms with Crippen molar-refractivity contribution in [2.45, 2.75) is 6.18 Å². The Morgan fingerprint density at radius 1 is 1.28 bits per heavy atom. The third kappa shape index (κ3) is 4.80. The van der Waals surface area contributed by atoms with Gasteiger partial charge in [-0.1, -0.05) is 6.07 Å². The molecular weight excluding hydrogens is 429 g/mol. The highest BCUT2D eigenvalue weighted by molar-refractivity contribution is 8.18. The maximum absolute atomic E-state index is 12.9. The normalized spacial score (nSPS) is 15.9. The topological polar surface area (TPSA) is 75.7 Å². The largest absolute Gasteiger partial charge is 0.495 e. The van der Waals surface area contributed by atoms with Gasteiger partial charge < -0.3 is 10.1 Å². The summed E-state index contributed by atoms with van der Waals surface area (Å²) in [7, 11) is 1.24. The van der Waals surface area contributed by atoms with Crippen LogP contribution in [0, 0.1) is 0 Å². The van der Waals surface area contributed by atoms with E-state index in [9.17, 15) is 27.6 Å². The summed E-state index contributed by atoms with van der Waals surface area (Å²) in [6, 6.07) is 6.17. The van der Waals surface area contributed by atoms with E-state index in [-0.39, 0.29) is 16.3 Å². The fraction of sp³-hybridized carbons (Fsp3) is 0.167. The molecule has 0 spiro atoms. The summed E-state index contributed by atoms with van der Waals surface area (Å²) in [6.07, 6.45) is -3.06. The van der Waals surface area contributed by atoms with Crippen LogP contribution in [-0.2, 0) is 15.8 Å². The molecular formula is C18H13F3N2O4S2. The summed E-state index contributed by atoms with van der Waals surface area (Å²) in [5.74, 6) is -1.46. The van der Waals surface area contributed by atoms with Crippen molar-refractivity contribution in [3.8, 4) is 5.75 Å². The van der Waals surface area contributed by atoms with Gasteiger partial charge in [0, 0.05) is 4.88 Å². The van der Waals surface area contributed by atoms with Crippen LogP contribution in [0.15, 0.2) is 40.6 Å². The Labute approximate surface area is 171 Å². The number of nitrogens with zero attached hydrogens (tertiary/aromatic N) is 1. The van der Waals surface area contributed by atoms with Crippen LogP contribution in [0.1, 0.15) is 10.4 Å². The van der Waals surface area contributed by atoms with Crippen LogP contribution >= 0.6 is 23.1 Å². The van der Waals surface area contributed by atoms with Crippen molar-refractivity contribution in [1.82, 2.24) is 4.90 Å². The second-order valence-corrected chi connectivity index (χ2v) is 7.72.